The topological polar surface area (TPSA) is 87.7 Å². The largest absolute Gasteiger partial charge is 0.354 e. The number of nitrogens with zero attached hydrogens (tertiary/aromatic N) is 9. The van der Waals surface area contributed by atoms with Gasteiger partial charge < -0.3 is 9.80 Å². The second kappa shape index (κ2) is 5.93. The van der Waals surface area contributed by atoms with E-state index in [0.717, 1.165) is 43.3 Å². The van der Waals surface area contributed by atoms with E-state index in [-0.39, 0.29) is 12.1 Å². The molecule has 0 spiro atoms. The number of anilines is 2. The number of aromatic nitrogens is 6. The number of rotatable bonds is 3. The summed E-state index contributed by atoms with van der Waals surface area (Å²) in [5.74, 6) is 1.62. The van der Waals surface area contributed by atoms with Gasteiger partial charge in [-0.05, 0) is 13.3 Å². The molecule has 0 radical (unpaired) electrons. The second-order valence-corrected chi connectivity index (χ2v) is 7.15. The summed E-state index contributed by atoms with van der Waals surface area (Å²) in [7, 11) is 1.82. The maximum atomic E-state index is 12.2. The summed E-state index contributed by atoms with van der Waals surface area (Å²) < 4.78 is 3.76. The van der Waals surface area contributed by atoms with E-state index in [0.29, 0.717) is 12.3 Å². The predicted molar refractivity (Wildman–Crippen MR) is 99.0 cm³/mol. The molecule has 2 aliphatic rings. The van der Waals surface area contributed by atoms with Crippen molar-refractivity contribution in [1.82, 2.24) is 34.3 Å². The van der Waals surface area contributed by atoms with Crippen molar-refractivity contribution in [2.45, 2.75) is 19.4 Å². The molecule has 5 rings (SSSR count). The van der Waals surface area contributed by atoms with Gasteiger partial charge in [0.15, 0.2) is 0 Å². The Morgan fingerprint density at radius 2 is 2.07 bits per heavy atom. The third kappa shape index (κ3) is 2.59. The highest BCUT2D eigenvalue weighted by molar-refractivity contribution is 5.93. The summed E-state index contributed by atoms with van der Waals surface area (Å²) in [6, 6.07) is 2.32. The number of hydrogen-bond donors (Lipinski definition) is 0. The summed E-state index contributed by atoms with van der Waals surface area (Å²) in [5.41, 5.74) is 1.79. The Balaban J connectivity index is 1.37. The molecule has 10 nitrogen and oxygen atoms in total. The first kappa shape index (κ1) is 16.0. The standard InChI is InChI=1S/C17H21N9O/c1-12-7-15(26-16(21-12)18-11-20-26)23-4-3-13(9-23)25-10-14(8-19-25)24-6-5-22(2)17(24)27/h7-8,10-11,13H,3-6,9H2,1-2H3. The van der Waals surface area contributed by atoms with Gasteiger partial charge in [-0.1, -0.05) is 0 Å². The van der Waals surface area contributed by atoms with Crippen LogP contribution in [0, 0.1) is 6.92 Å². The van der Waals surface area contributed by atoms with Crippen LogP contribution >= 0.6 is 0 Å². The van der Waals surface area contributed by atoms with Gasteiger partial charge in [0.2, 0.25) is 0 Å². The average Bonchev–Trinajstić information content (AvgIpc) is 3.41. The smallest absolute Gasteiger partial charge is 0.324 e. The van der Waals surface area contributed by atoms with Crippen molar-refractivity contribution < 1.29 is 4.79 Å². The first-order valence-corrected chi connectivity index (χ1v) is 9.09. The van der Waals surface area contributed by atoms with E-state index < -0.39 is 0 Å². The Morgan fingerprint density at radius 3 is 2.89 bits per heavy atom. The fourth-order valence-electron chi connectivity index (χ4n) is 3.86. The number of likely N-dealkylation sites (N-methyl/N-ethyl adjacent to an activating group) is 1. The van der Waals surface area contributed by atoms with Gasteiger partial charge in [0, 0.05) is 51.2 Å². The zero-order chi connectivity index (χ0) is 18.5. The van der Waals surface area contributed by atoms with Gasteiger partial charge in [-0.25, -0.2) is 9.78 Å². The van der Waals surface area contributed by atoms with Gasteiger partial charge in [-0.15, -0.1) is 0 Å². The number of aryl methyl sites for hydroxylation is 1. The second-order valence-electron chi connectivity index (χ2n) is 7.15. The lowest BCUT2D eigenvalue weighted by Gasteiger charge is -2.19. The van der Waals surface area contributed by atoms with Crippen molar-refractivity contribution in [2.24, 2.45) is 0 Å². The third-order valence-corrected chi connectivity index (χ3v) is 5.34. The molecule has 2 amide bonds. The number of hydrogen-bond acceptors (Lipinski definition) is 6. The zero-order valence-electron chi connectivity index (χ0n) is 15.4. The van der Waals surface area contributed by atoms with E-state index in [2.05, 4.69) is 25.1 Å². The van der Waals surface area contributed by atoms with Crippen molar-refractivity contribution in [3.05, 3.63) is 30.5 Å². The Hall–Kier alpha value is -3.17. The van der Waals surface area contributed by atoms with Gasteiger partial charge in [0.25, 0.3) is 5.78 Å². The molecule has 0 saturated carbocycles. The van der Waals surface area contributed by atoms with Gasteiger partial charge in [-0.3, -0.25) is 9.58 Å². The van der Waals surface area contributed by atoms with Crippen molar-refractivity contribution in [2.75, 3.05) is 43.0 Å². The monoisotopic (exact) mass is 367 g/mol. The van der Waals surface area contributed by atoms with Crippen LogP contribution in [0.3, 0.4) is 0 Å². The molecule has 2 fully saturated rings. The Labute approximate surface area is 156 Å². The van der Waals surface area contributed by atoms with E-state index in [9.17, 15) is 4.79 Å². The van der Waals surface area contributed by atoms with Crippen LogP contribution in [0.25, 0.3) is 5.78 Å². The van der Waals surface area contributed by atoms with E-state index in [4.69, 9.17) is 0 Å². The Bertz CT molecular complexity index is 1010. The molecule has 2 saturated heterocycles. The van der Waals surface area contributed by atoms with Gasteiger partial charge in [0.1, 0.15) is 12.1 Å². The van der Waals surface area contributed by atoms with Crippen molar-refractivity contribution >= 4 is 23.3 Å². The van der Waals surface area contributed by atoms with E-state index >= 15 is 0 Å². The Kier molecular flexibility index (Phi) is 3.52. The van der Waals surface area contributed by atoms with Crippen molar-refractivity contribution in [3.8, 4) is 0 Å². The van der Waals surface area contributed by atoms with Crippen LogP contribution in [0.1, 0.15) is 18.2 Å². The van der Waals surface area contributed by atoms with Gasteiger partial charge >= 0.3 is 6.03 Å². The maximum Gasteiger partial charge on any atom is 0.324 e. The summed E-state index contributed by atoms with van der Waals surface area (Å²) in [5, 5.41) is 8.83. The van der Waals surface area contributed by atoms with Crippen molar-refractivity contribution in [1.29, 1.82) is 0 Å². The molecular weight excluding hydrogens is 346 g/mol. The summed E-state index contributed by atoms with van der Waals surface area (Å²) in [4.78, 5) is 26.6. The predicted octanol–water partition coefficient (Wildman–Crippen LogP) is 0.952. The van der Waals surface area contributed by atoms with Crippen LogP contribution in [0.15, 0.2) is 24.8 Å². The molecule has 0 bridgehead atoms. The molecule has 5 heterocycles. The van der Waals surface area contributed by atoms with Crippen LogP contribution in [0.5, 0.6) is 0 Å². The molecular formula is C17H21N9O. The van der Waals surface area contributed by atoms with Gasteiger partial charge in [-0.2, -0.15) is 19.7 Å². The zero-order valence-corrected chi connectivity index (χ0v) is 15.4. The summed E-state index contributed by atoms with van der Waals surface area (Å²) in [6.07, 6.45) is 6.27. The molecule has 1 atom stereocenters. The van der Waals surface area contributed by atoms with Crippen LogP contribution in [-0.2, 0) is 0 Å². The molecule has 0 aromatic carbocycles. The number of amides is 2. The molecule has 27 heavy (non-hydrogen) atoms. The molecule has 3 aromatic rings. The first-order valence-electron chi connectivity index (χ1n) is 9.09. The molecule has 10 heteroatoms. The molecule has 0 aliphatic carbocycles. The van der Waals surface area contributed by atoms with Gasteiger partial charge in [0.05, 0.1) is 17.9 Å². The average molecular weight is 367 g/mol. The molecule has 3 aromatic heterocycles. The number of carbonyl (C=O) groups excluding carboxylic acids is 1. The third-order valence-electron chi connectivity index (χ3n) is 5.34. The minimum absolute atomic E-state index is 0.0310. The fourth-order valence-corrected chi connectivity index (χ4v) is 3.86. The molecule has 2 aliphatic heterocycles. The SMILES string of the molecule is Cc1cc(N2CCC(n3cc(N4CCN(C)C4=O)cn3)C2)n2ncnc2n1. The van der Waals surface area contributed by atoms with E-state index in [1.807, 2.05) is 30.9 Å². The molecule has 1 unspecified atom stereocenters. The maximum absolute atomic E-state index is 12.2. The highest BCUT2D eigenvalue weighted by Crippen LogP contribution is 2.28. The van der Waals surface area contributed by atoms with Crippen LogP contribution in [0.4, 0.5) is 16.3 Å². The first-order chi connectivity index (χ1) is 13.1. The number of urea groups is 1. The lowest BCUT2D eigenvalue weighted by molar-refractivity contribution is 0.229. The lowest BCUT2D eigenvalue weighted by atomic mass is 10.3. The summed E-state index contributed by atoms with van der Waals surface area (Å²) >= 11 is 0. The number of carbonyl (C=O) groups is 1. The fraction of sp³-hybridized carbons (Fsp3) is 0.471. The molecule has 0 N–H and O–H groups in total. The molecule has 140 valence electrons. The highest BCUT2D eigenvalue weighted by atomic mass is 16.2. The minimum atomic E-state index is 0.0310. The highest BCUT2D eigenvalue weighted by Gasteiger charge is 2.30. The lowest BCUT2D eigenvalue weighted by Crippen LogP contribution is -2.28. The summed E-state index contributed by atoms with van der Waals surface area (Å²) in [6.45, 7) is 5.15. The Morgan fingerprint density at radius 1 is 1.19 bits per heavy atom. The normalized spacial score (nSPS) is 20.4. The number of fused-ring (bicyclic) bond motifs is 1. The van der Waals surface area contributed by atoms with Crippen molar-refractivity contribution in [3.63, 3.8) is 0 Å². The van der Waals surface area contributed by atoms with E-state index in [1.165, 1.54) is 6.33 Å². The van der Waals surface area contributed by atoms with Crippen LogP contribution in [-0.4, -0.2) is 73.5 Å². The van der Waals surface area contributed by atoms with Crippen LogP contribution in [0.2, 0.25) is 0 Å². The van der Waals surface area contributed by atoms with Crippen LogP contribution < -0.4 is 9.80 Å². The van der Waals surface area contributed by atoms with E-state index in [1.54, 1.807) is 20.5 Å². The quantitative estimate of drug-likeness (QED) is 0.685. The minimum Gasteiger partial charge on any atom is -0.354 e.